The molecule has 0 N–H and O–H groups in total. The minimum absolute atomic E-state index is 0.531. The molecule has 0 aliphatic carbocycles. The maximum Gasteiger partial charge on any atom is 0.0929 e. The van der Waals surface area contributed by atoms with E-state index in [4.69, 9.17) is 19.9 Å². The van der Waals surface area contributed by atoms with Gasteiger partial charge in [0, 0.05) is 17.5 Å². The van der Waals surface area contributed by atoms with Crippen LogP contribution in [0.2, 0.25) is 0 Å². The van der Waals surface area contributed by atoms with Gasteiger partial charge >= 0.3 is 0 Å². The Labute approximate surface area is 210 Å². The van der Waals surface area contributed by atoms with Crippen molar-refractivity contribution >= 4 is 22.1 Å². The summed E-state index contributed by atoms with van der Waals surface area (Å²) in [6.07, 6.45) is 1.50. The standard InChI is InChI=1S/C32H26N4/c1-3-22-15-17-26-28(19-22)36-32(24-12-8-5-9-13-24)30(34-26)20-29-31(23-10-6-4-7-11-23)35-27-18-21(2)14-16-25(27)33-29/h4-19H,3,20H2,1-2H3. The quantitative estimate of drug-likeness (QED) is 0.266. The largest absolute Gasteiger partial charge is 0.248 e. The Balaban J connectivity index is 1.57. The molecular weight excluding hydrogens is 440 g/mol. The van der Waals surface area contributed by atoms with Crippen LogP contribution in [0.1, 0.15) is 29.4 Å². The van der Waals surface area contributed by atoms with Gasteiger partial charge < -0.3 is 0 Å². The molecule has 0 fully saturated rings. The van der Waals surface area contributed by atoms with Crippen LogP contribution in [0.4, 0.5) is 0 Å². The van der Waals surface area contributed by atoms with Crippen molar-refractivity contribution in [3.63, 3.8) is 0 Å². The Morgan fingerprint density at radius 2 is 1.06 bits per heavy atom. The second-order valence-corrected chi connectivity index (χ2v) is 9.12. The first-order valence-electron chi connectivity index (χ1n) is 12.4. The maximum atomic E-state index is 5.12. The van der Waals surface area contributed by atoms with Crippen LogP contribution in [0, 0.1) is 6.92 Å². The highest BCUT2D eigenvalue weighted by Crippen LogP contribution is 2.30. The molecule has 2 aromatic heterocycles. The number of nitrogens with zero attached hydrogens (tertiary/aromatic N) is 4. The van der Waals surface area contributed by atoms with Crippen molar-refractivity contribution in [2.45, 2.75) is 26.7 Å². The van der Waals surface area contributed by atoms with E-state index in [9.17, 15) is 0 Å². The van der Waals surface area contributed by atoms with Crippen LogP contribution in [0.5, 0.6) is 0 Å². The van der Waals surface area contributed by atoms with Crippen LogP contribution < -0.4 is 0 Å². The molecule has 4 heteroatoms. The van der Waals surface area contributed by atoms with Gasteiger partial charge in [-0.15, -0.1) is 0 Å². The number of rotatable bonds is 5. The van der Waals surface area contributed by atoms with Gasteiger partial charge in [0.05, 0.1) is 44.8 Å². The van der Waals surface area contributed by atoms with Crippen LogP contribution in [-0.4, -0.2) is 19.9 Å². The smallest absolute Gasteiger partial charge is 0.0929 e. The Hall–Kier alpha value is -4.44. The summed E-state index contributed by atoms with van der Waals surface area (Å²) in [7, 11) is 0. The van der Waals surface area contributed by atoms with E-state index >= 15 is 0 Å². The molecule has 0 amide bonds. The zero-order valence-electron chi connectivity index (χ0n) is 20.4. The first-order valence-corrected chi connectivity index (χ1v) is 12.4. The molecule has 36 heavy (non-hydrogen) atoms. The lowest BCUT2D eigenvalue weighted by Crippen LogP contribution is -2.05. The second-order valence-electron chi connectivity index (χ2n) is 9.12. The molecule has 6 aromatic rings. The minimum atomic E-state index is 0.531. The summed E-state index contributed by atoms with van der Waals surface area (Å²) in [6, 6.07) is 33.2. The highest BCUT2D eigenvalue weighted by Gasteiger charge is 2.17. The highest BCUT2D eigenvalue weighted by molar-refractivity contribution is 5.81. The van der Waals surface area contributed by atoms with E-state index in [0.717, 1.165) is 62.4 Å². The number of hydrogen-bond acceptors (Lipinski definition) is 4. The summed E-state index contributed by atoms with van der Waals surface area (Å²) in [5.74, 6) is 0. The third-order valence-corrected chi connectivity index (χ3v) is 6.53. The molecule has 4 nitrogen and oxygen atoms in total. The van der Waals surface area contributed by atoms with Gasteiger partial charge in [-0.3, -0.25) is 0 Å². The molecule has 0 aliphatic heterocycles. The van der Waals surface area contributed by atoms with Crippen LogP contribution in [0.15, 0.2) is 97.1 Å². The fraction of sp³-hybridized carbons (Fsp3) is 0.125. The summed E-state index contributed by atoms with van der Waals surface area (Å²) in [6.45, 7) is 4.24. The van der Waals surface area contributed by atoms with Crippen molar-refractivity contribution < 1.29 is 0 Å². The van der Waals surface area contributed by atoms with Crippen molar-refractivity contribution in [2.75, 3.05) is 0 Å². The lowest BCUT2D eigenvalue weighted by atomic mass is 10.0. The lowest BCUT2D eigenvalue weighted by molar-refractivity contribution is 1.01. The van der Waals surface area contributed by atoms with E-state index in [-0.39, 0.29) is 0 Å². The number of fused-ring (bicyclic) bond motifs is 2. The van der Waals surface area contributed by atoms with E-state index in [2.05, 4.69) is 68.4 Å². The zero-order valence-corrected chi connectivity index (χ0v) is 20.4. The maximum absolute atomic E-state index is 5.12. The SMILES string of the molecule is CCc1ccc2nc(Cc3nc4ccc(C)cc4nc3-c3ccccc3)c(-c3ccccc3)nc2c1. The minimum Gasteiger partial charge on any atom is -0.248 e. The molecule has 0 saturated heterocycles. The number of benzene rings is 4. The monoisotopic (exact) mass is 466 g/mol. The van der Waals surface area contributed by atoms with Gasteiger partial charge in [0.15, 0.2) is 0 Å². The predicted octanol–water partition coefficient (Wildman–Crippen LogP) is 7.37. The molecule has 0 spiro atoms. The molecule has 0 bridgehead atoms. The fourth-order valence-corrected chi connectivity index (χ4v) is 4.62. The lowest BCUT2D eigenvalue weighted by Gasteiger charge is -2.14. The molecule has 6 rings (SSSR count). The number of aromatic nitrogens is 4. The van der Waals surface area contributed by atoms with E-state index in [1.807, 2.05) is 42.5 Å². The van der Waals surface area contributed by atoms with Gasteiger partial charge in [0.25, 0.3) is 0 Å². The number of aryl methyl sites for hydroxylation is 2. The van der Waals surface area contributed by atoms with Crippen molar-refractivity contribution in [1.82, 2.24) is 19.9 Å². The van der Waals surface area contributed by atoms with Crippen molar-refractivity contribution in [2.24, 2.45) is 0 Å². The van der Waals surface area contributed by atoms with Crippen LogP contribution in [-0.2, 0) is 12.8 Å². The Kier molecular flexibility index (Phi) is 5.70. The van der Waals surface area contributed by atoms with E-state index < -0.39 is 0 Å². The Morgan fingerprint density at radius 3 is 1.61 bits per heavy atom. The summed E-state index contributed by atoms with van der Waals surface area (Å²) in [4.78, 5) is 20.4. The first kappa shape index (κ1) is 22.1. The summed E-state index contributed by atoms with van der Waals surface area (Å²) >= 11 is 0. The molecule has 2 heterocycles. The normalized spacial score (nSPS) is 11.3. The van der Waals surface area contributed by atoms with E-state index in [0.29, 0.717) is 6.42 Å². The molecule has 0 unspecified atom stereocenters. The van der Waals surface area contributed by atoms with Gasteiger partial charge in [0.2, 0.25) is 0 Å². The second kappa shape index (κ2) is 9.31. The third kappa shape index (κ3) is 4.22. The summed E-state index contributed by atoms with van der Waals surface area (Å²) < 4.78 is 0. The molecule has 174 valence electrons. The van der Waals surface area contributed by atoms with Crippen molar-refractivity contribution in [3.8, 4) is 22.5 Å². The Morgan fingerprint density at radius 1 is 0.528 bits per heavy atom. The van der Waals surface area contributed by atoms with Gasteiger partial charge in [-0.05, 0) is 48.7 Å². The molecule has 0 saturated carbocycles. The molecule has 0 radical (unpaired) electrons. The Bertz CT molecular complexity index is 1690. The average molecular weight is 467 g/mol. The van der Waals surface area contributed by atoms with E-state index in [1.54, 1.807) is 0 Å². The number of hydrogen-bond donors (Lipinski definition) is 0. The van der Waals surface area contributed by atoms with Gasteiger partial charge in [-0.2, -0.15) is 0 Å². The molecular formula is C32H26N4. The van der Waals surface area contributed by atoms with Gasteiger partial charge in [-0.1, -0.05) is 79.7 Å². The first-order chi connectivity index (χ1) is 17.7. The average Bonchev–Trinajstić information content (AvgIpc) is 2.93. The third-order valence-electron chi connectivity index (χ3n) is 6.53. The van der Waals surface area contributed by atoms with Crippen LogP contribution >= 0.6 is 0 Å². The van der Waals surface area contributed by atoms with Crippen LogP contribution in [0.25, 0.3) is 44.6 Å². The summed E-state index contributed by atoms with van der Waals surface area (Å²) in [5.41, 5.74) is 11.7. The van der Waals surface area contributed by atoms with E-state index in [1.165, 1.54) is 11.1 Å². The molecule has 0 aliphatic rings. The highest BCUT2D eigenvalue weighted by atomic mass is 14.9. The zero-order chi connectivity index (χ0) is 24.5. The van der Waals surface area contributed by atoms with Crippen LogP contribution in [0.3, 0.4) is 0 Å². The van der Waals surface area contributed by atoms with Gasteiger partial charge in [-0.25, -0.2) is 19.9 Å². The predicted molar refractivity (Wildman–Crippen MR) is 147 cm³/mol. The van der Waals surface area contributed by atoms with Gasteiger partial charge in [0.1, 0.15) is 0 Å². The van der Waals surface area contributed by atoms with Crippen molar-refractivity contribution in [3.05, 3.63) is 120 Å². The summed E-state index contributed by atoms with van der Waals surface area (Å²) in [5, 5.41) is 0. The fourth-order valence-electron chi connectivity index (χ4n) is 4.62. The molecule has 4 aromatic carbocycles. The molecule has 0 atom stereocenters. The van der Waals surface area contributed by atoms with Crippen molar-refractivity contribution in [1.29, 1.82) is 0 Å². The topological polar surface area (TPSA) is 51.6 Å².